The number of aliphatic hydroxyl groups is 1. The first-order valence-electron chi connectivity index (χ1n) is 36.2. The van der Waals surface area contributed by atoms with Gasteiger partial charge in [-0.3, -0.25) is 9.36 Å². The van der Waals surface area contributed by atoms with Crippen LogP contribution in [0.4, 0.5) is 0 Å². The van der Waals surface area contributed by atoms with Crippen LogP contribution in [0.3, 0.4) is 0 Å². The monoisotopic (exact) mass is 1160 g/mol. The number of rotatable bonds is 68. The minimum atomic E-state index is -4.58. The van der Waals surface area contributed by atoms with Gasteiger partial charge in [0.05, 0.1) is 39.9 Å². The summed E-state index contributed by atoms with van der Waals surface area (Å²) in [7, 11) is 1.32. The van der Waals surface area contributed by atoms with Crippen molar-refractivity contribution < 1.29 is 32.9 Å². The zero-order chi connectivity index (χ0) is 59.1. The Bertz CT molecular complexity index is 1370. The van der Waals surface area contributed by atoms with Gasteiger partial charge in [-0.1, -0.05) is 353 Å². The van der Waals surface area contributed by atoms with Crippen molar-refractivity contribution in [3.63, 3.8) is 0 Å². The lowest BCUT2D eigenvalue weighted by Crippen LogP contribution is -2.46. The average Bonchev–Trinajstić information content (AvgIpc) is 3.43. The van der Waals surface area contributed by atoms with Gasteiger partial charge in [0, 0.05) is 6.42 Å². The Balaban J connectivity index is 3.99. The zero-order valence-corrected chi connectivity index (χ0v) is 56.2. The Labute approximate surface area is 506 Å². The van der Waals surface area contributed by atoms with Crippen LogP contribution in [-0.2, 0) is 18.4 Å². The van der Waals surface area contributed by atoms with Crippen LogP contribution in [0.5, 0.6) is 0 Å². The number of likely N-dealkylation sites (N-methyl/N-ethyl adjacent to an activating group) is 1. The molecular formula is C72H143N2O6P. The summed E-state index contributed by atoms with van der Waals surface area (Å²) in [4.78, 5) is 25.7. The Kier molecular flexibility index (Phi) is 62.7. The van der Waals surface area contributed by atoms with E-state index < -0.39 is 20.0 Å². The van der Waals surface area contributed by atoms with Crippen molar-refractivity contribution in [3.8, 4) is 0 Å². The number of phosphoric acid groups is 1. The average molecular weight is 1160 g/mol. The summed E-state index contributed by atoms with van der Waals surface area (Å²) in [6, 6.07) is -0.800. The summed E-state index contributed by atoms with van der Waals surface area (Å²) >= 11 is 0. The third-order valence-corrected chi connectivity index (χ3v) is 17.9. The van der Waals surface area contributed by atoms with Gasteiger partial charge < -0.3 is 28.8 Å². The molecule has 0 aliphatic rings. The maximum absolute atomic E-state index is 13.1. The lowest BCUT2D eigenvalue weighted by molar-refractivity contribution is -0.870. The van der Waals surface area contributed by atoms with Gasteiger partial charge in [0.15, 0.2) is 0 Å². The number of hydrogen-bond donors (Lipinski definition) is 2. The first kappa shape index (κ1) is 80.0. The molecule has 9 heteroatoms. The highest BCUT2D eigenvalue weighted by atomic mass is 31.2. The Hall–Kier alpha value is -1.02. The lowest BCUT2D eigenvalue weighted by Gasteiger charge is -2.30. The summed E-state index contributed by atoms with van der Waals surface area (Å²) in [5.74, 6) is -0.157. The second kappa shape index (κ2) is 63.5. The first-order valence-corrected chi connectivity index (χ1v) is 37.6. The molecule has 0 fully saturated rings. The minimum absolute atomic E-state index is 0.0148. The van der Waals surface area contributed by atoms with E-state index in [2.05, 4.69) is 43.5 Å². The number of aliphatic hydroxyl groups excluding tert-OH is 1. The van der Waals surface area contributed by atoms with Crippen LogP contribution in [0.25, 0.3) is 0 Å². The Morgan fingerprint density at radius 2 is 0.716 bits per heavy atom. The van der Waals surface area contributed by atoms with E-state index in [1.807, 2.05) is 21.1 Å². The number of quaternary nitrogens is 1. The lowest BCUT2D eigenvalue weighted by atomic mass is 10.0. The third-order valence-electron chi connectivity index (χ3n) is 16.9. The maximum Gasteiger partial charge on any atom is 0.268 e. The van der Waals surface area contributed by atoms with Crippen molar-refractivity contribution in [3.05, 3.63) is 24.3 Å². The standard InChI is InChI=1S/C72H143N2O6P/c1-6-8-10-12-14-16-18-20-22-24-26-28-30-32-34-36-38-39-41-43-45-47-49-51-53-55-57-59-61-63-65-71(75)70(69-80-81(77,78)79-68-67-74(3,4)5)73-72(76)66-64-62-60-58-56-54-52-50-48-46-44-42-40-37-35-33-31-29-27-25-23-21-19-17-15-13-11-9-7-2/h19,21,25,27,70-71,75H,6-18,20,22-24,26,28-69H2,1-5H3,(H-,73,76,77,78)/b21-19-,27-25-. The molecule has 3 atom stereocenters. The van der Waals surface area contributed by atoms with Crippen LogP contribution in [0.2, 0.25) is 0 Å². The number of nitrogens with zero attached hydrogens (tertiary/aromatic N) is 1. The van der Waals surface area contributed by atoms with Crippen molar-refractivity contribution >= 4 is 13.7 Å². The predicted octanol–water partition coefficient (Wildman–Crippen LogP) is 22.4. The van der Waals surface area contributed by atoms with Gasteiger partial charge >= 0.3 is 0 Å². The van der Waals surface area contributed by atoms with Crippen LogP contribution in [0.15, 0.2) is 24.3 Å². The van der Waals surface area contributed by atoms with Gasteiger partial charge in [0.25, 0.3) is 7.82 Å². The highest BCUT2D eigenvalue weighted by Gasteiger charge is 2.24. The fourth-order valence-electron chi connectivity index (χ4n) is 11.3. The molecule has 0 rings (SSSR count). The molecule has 0 heterocycles. The normalized spacial score (nSPS) is 13.7. The van der Waals surface area contributed by atoms with Gasteiger partial charge in [0.1, 0.15) is 13.2 Å². The summed E-state index contributed by atoms with van der Waals surface area (Å²) in [5, 5.41) is 14.1. The molecule has 8 nitrogen and oxygen atoms in total. The van der Waals surface area contributed by atoms with Crippen molar-refractivity contribution in [2.75, 3.05) is 40.9 Å². The van der Waals surface area contributed by atoms with E-state index in [1.54, 1.807) is 0 Å². The van der Waals surface area contributed by atoms with Gasteiger partial charge in [-0.25, -0.2) is 0 Å². The number of phosphoric ester groups is 1. The first-order chi connectivity index (χ1) is 39.5. The van der Waals surface area contributed by atoms with Crippen LogP contribution >= 0.6 is 7.82 Å². The molecule has 482 valence electrons. The minimum Gasteiger partial charge on any atom is -0.756 e. The highest BCUT2D eigenvalue weighted by molar-refractivity contribution is 7.45. The highest BCUT2D eigenvalue weighted by Crippen LogP contribution is 2.38. The summed E-state index contributed by atoms with van der Waals surface area (Å²) in [5.41, 5.74) is 0. The van der Waals surface area contributed by atoms with E-state index in [0.29, 0.717) is 23.9 Å². The summed E-state index contributed by atoms with van der Waals surface area (Å²) in [6.45, 7) is 4.78. The molecule has 2 N–H and O–H groups in total. The van der Waals surface area contributed by atoms with Crippen LogP contribution < -0.4 is 10.2 Å². The second-order valence-corrected chi connectivity index (χ2v) is 27.7. The Morgan fingerprint density at radius 3 is 1.02 bits per heavy atom. The quantitative estimate of drug-likeness (QED) is 0.0272. The molecule has 0 saturated heterocycles. The molecule has 0 aromatic rings. The molecule has 0 spiro atoms. The molecule has 81 heavy (non-hydrogen) atoms. The van der Waals surface area contributed by atoms with Crippen LogP contribution in [-0.4, -0.2) is 68.5 Å². The fraction of sp³-hybridized carbons (Fsp3) is 0.931. The molecule has 0 saturated carbocycles. The van der Waals surface area contributed by atoms with E-state index in [1.165, 1.54) is 308 Å². The maximum atomic E-state index is 13.1. The van der Waals surface area contributed by atoms with Crippen molar-refractivity contribution in [2.24, 2.45) is 0 Å². The van der Waals surface area contributed by atoms with E-state index in [9.17, 15) is 19.4 Å². The Morgan fingerprint density at radius 1 is 0.432 bits per heavy atom. The fourth-order valence-corrected chi connectivity index (χ4v) is 12.0. The molecule has 0 bridgehead atoms. The van der Waals surface area contributed by atoms with E-state index in [0.717, 1.165) is 44.9 Å². The van der Waals surface area contributed by atoms with Gasteiger partial charge in [-0.2, -0.15) is 0 Å². The summed E-state index contributed by atoms with van der Waals surface area (Å²) < 4.78 is 23.6. The van der Waals surface area contributed by atoms with Crippen molar-refractivity contribution in [2.45, 2.75) is 392 Å². The molecule has 1 amide bonds. The molecular weight excluding hydrogens is 1020 g/mol. The van der Waals surface area contributed by atoms with Crippen LogP contribution in [0, 0.1) is 0 Å². The molecule has 3 unspecified atom stereocenters. The van der Waals surface area contributed by atoms with Gasteiger partial charge in [-0.05, 0) is 44.9 Å². The molecule has 0 aromatic heterocycles. The molecule has 0 aromatic carbocycles. The molecule has 0 radical (unpaired) electrons. The number of carbonyl (C=O) groups excluding carboxylic acids is 1. The third kappa shape index (κ3) is 66.4. The number of unbranched alkanes of at least 4 members (excludes halogenated alkanes) is 51. The number of hydrogen-bond acceptors (Lipinski definition) is 6. The predicted molar refractivity (Wildman–Crippen MR) is 353 cm³/mol. The smallest absolute Gasteiger partial charge is 0.268 e. The van der Waals surface area contributed by atoms with E-state index in [4.69, 9.17) is 9.05 Å². The number of amides is 1. The van der Waals surface area contributed by atoms with Crippen molar-refractivity contribution in [1.29, 1.82) is 0 Å². The number of allylic oxidation sites excluding steroid dienone is 4. The second-order valence-electron chi connectivity index (χ2n) is 26.3. The molecule has 0 aliphatic carbocycles. The van der Waals surface area contributed by atoms with E-state index >= 15 is 0 Å². The molecule has 0 aliphatic heterocycles. The van der Waals surface area contributed by atoms with Crippen LogP contribution in [0.1, 0.15) is 380 Å². The van der Waals surface area contributed by atoms with Gasteiger partial charge in [0.2, 0.25) is 5.91 Å². The topological polar surface area (TPSA) is 108 Å². The zero-order valence-electron chi connectivity index (χ0n) is 55.3. The largest absolute Gasteiger partial charge is 0.756 e. The summed E-state index contributed by atoms with van der Waals surface area (Å²) in [6.07, 6.45) is 82.6. The number of nitrogens with one attached hydrogen (secondary N) is 1. The van der Waals surface area contributed by atoms with E-state index in [-0.39, 0.29) is 19.1 Å². The van der Waals surface area contributed by atoms with Gasteiger partial charge in [-0.15, -0.1) is 0 Å². The van der Waals surface area contributed by atoms with Crippen molar-refractivity contribution in [1.82, 2.24) is 5.32 Å². The SMILES string of the molecule is CCCCCCC/C=C\C/C=C\CCCCCCCCCCCCCCCCCCCC(=O)NC(COP(=O)([O-])OCC[N+](C)(C)C)C(O)CCCCCCCCCCCCCCCCCCCCCCCCCCCCCCCC. The number of carbonyl (C=O) groups is 1.